The van der Waals surface area contributed by atoms with Crippen molar-refractivity contribution < 1.29 is 28.9 Å². The van der Waals surface area contributed by atoms with Crippen LogP contribution in [0.2, 0.25) is 10.0 Å². The monoisotopic (exact) mass is 737 g/mol. The predicted molar refractivity (Wildman–Crippen MR) is 194 cm³/mol. The van der Waals surface area contributed by atoms with Gasteiger partial charge in [-0.25, -0.2) is 9.37 Å². The number of hydrogen-bond donors (Lipinski definition) is 3. The Bertz CT molecular complexity index is 1970. The third kappa shape index (κ3) is 6.83. The van der Waals surface area contributed by atoms with Crippen molar-refractivity contribution in [2.45, 2.75) is 63.9 Å². The third-order valence-electron chi connectivity index (χ3n) is 10.5. The van der Waals surface area contributed by atoms with Gasteiger partial charge in [0, 0.05) is 75.1 Å². The van der Waals surface area contributed by atoms with Crippen molar-refractivity contribution in [2.75, 3.05) is 38.7 Å². The van der Waals surface area contributed by atoms with E-state index in [1.165, 1.54) is 7.11 Å². The van der Waals surface area contributed by atoms with Gasteiger partial charge >= 0.3 is 0 Å². The number of benzene rings is 3. The van der Waals surface area contributed by atoms with Crippen molar-refractivity contribution in [1.82, 2.24) is 19.4 Å². The number of hydrogen-bond acceptors (Lipinski definition) is 8. The minimum absolute atomic E-state index is 0.0119. The van der Waals surface area contributed by atoms with Crippen LogP contribution >= 0.6 is 23.2 Å². The molecule has 1 amide bonds. The first-order valence-corrected chi connectivity index (χ1v) is 18.1. The highest BCUT2D eigenvalue weighted by molar-refractivity contribution is 6.36. The summed E-state index contributed by atoms with van der Waals surface area (Å²) in [7, 11) is 3.34. The quantitative estimate of drug-likeness (QED) is 0.177. The number of likely N-dealkylation sites (tertiary alicyclic amines) is 1. The molecule has 0 bridgehead atoms. The zero-order chi connectivity index (χ0) is 36.0. The van der Waals surface area contributed by atoms with Crippen LogP contribution in [0.5, 0.6) is 11.5 Å². The molecule has 7 rings (SSSR count). The first-order valence-electron chi connectivity index (χ1n) is 17.3. The maximum atomic E-state index is 15.7. The number of ether oxygens (including phenoxy) is 2. The Morgan fingerprint density at radius 2 is 1.88 bits per heavy atom. The minimum Gasteiger partial charge on any atom is -0.496 e. The summed E-state index contributed by atoms with van der Waals surface area (Å²) in [6.45, 7) is 4.80. The Kier molecular flexibility index (Phi) is 10.3. The number of aromatic nitrogens is 2. The normalized spacial score (nSPS) is 19.5. The molecule has 2 aliphatic heterocycles. The maximum absolute atomic E-state index is 15.7. The molecular formula is C38H42Cl2FN5O5. The molecule has 3 heterocycles. The standard InChI is InChI=1S/C38H42Cl2FN5O5/c1-21(20-47)46-15-13-30-29(19-46)42-37(44(30)2)38(49)43-28-9-5-8-26(34(28)39)23-6-4-7-25-24(23)10-11-31(25)51-33-16-32(50-3)27(36(41)35(33)40)18-45-14-12-22(48)17-45/h4-9,16,21-22,31,47-48H,10-15,17-20H2,1-3H3,(H,43,49). The molecule has 10 nitrogen and oxygen atoms in total. The number of aliphatic hydroxyl groups is 2. The molecule has 270 valence electrons. The zero-order valence-electron chi connectivity index (χ0n) is 28.9. The van der Waals surface area contributed by atoms with Gasteiger partial charge in [0.25, 0.3) is 5.91 Å². The van der Waals surface area contributed by atoms with Crippen molar-refractivity contribution in [1.29, 1.82) is 0 Å². The highest BCUT2D eigenvalue weighted by atomic mass is 35.5. The Morgan fingerprint density at radius 1 is 1.10 bits per heavy atom. The number of halogens is 3. The SMILES string of the molecule is COc1cc(OC2CCc3c(-c4cccc(NC(=O)c5nc6c(n5C)CCN(C(C)CO)C6)c4Cl)cccc32)c(Cl)c(F)c1CN1CCC(O)C1. The lowest BCUT2D eigenvalue weighted by atomic mass is 9.96. The predicted octanol–water partition coefficient (Wildman–Crippen LogP) is 6.17. The molecule has 51 heavy (non-hydrogen) atoms. The molecule has 1 aromatic heterocycles. The number of β-amino-alcohol motifs (C(OH)–C–C–N with tert-alkyl or cyclic N) is 1. The molecule has 0 saturated carbocycles. The van der Waals surface area contributed by atoms with Crippen LogP contribution < -0.4 is 14.8 Å². The van der Waals surface area contributed by atoms with Crippen LogP contribution in [0.3, 0.4) is 0 Å². The lowest BCUT2D eigenvalue weighted by molar-refractivity contribution is 0.101. The lowest BCUT2D eigenvalue weighted by Gasteiger charge is -2.30. The zero-order valence-corrected chi connectivity index (χ0v) is 30.4. The number of amides is 1. The Morgan fingerprint density at radius 3 is 2.63 bits per heavy atom. The summed E-state index contributed by atoms with van der Waals surface area (Å²) in [4.78, 5) is 22.4. The third-order valence-corrected chi connectivity index (χ3v) is 11.2. The van der Waals surface area contributed by atoms with Crippen LogP contribution in [0.1, 0.15) is 64.6 Å². The molecule has 3 N–H and O–H groups in total. The van der Waals surface area contributed by atoms with Crippen LogP contribution in [0.4, 0.5) is 10.1 Å². The average Bonchev–Trinajstić information content (AvgIpc) is 3.84. The highest BCUT2D eigenvalue weighted by Crippen LogP contribution is 2.45. The molecule has 1 aliphatic carbocycles. The van der Waals surface area contributed by atoms with Crippen LogP contribution in [0, 0.1) is 5.82 Å². The van der Waals surface area contributed by atoms with Crippen molar-refractivity contribution in [3.8, 4) is 22.6 Å². The Balaban J connectivity index is 1.11. The number of nitrogens with zero attached hydrogens (tertiary/aromatic N) is 4. The summed E-state index contributed by atoms with van der Waals surface area (Å²) in [6, 6.07) is 13.1. The Labute approximate surface area is 306 Å². The summed E-state index contributed by atoms with van der Waals surface area (Å²) in [5.41, 5.74) is 6.35. The summed E-state index contributed by atoms with van der Waals surface area (Å²) in [5.74, 6) is -0.101. The second-order valence-corrected chi connectivity index (χ2v) is 14.4. The average molecular weight is 739 g/mol. The van der Waals surface area contributed by atoms with Gasteiger partial charge in [0.15, 0.2) is 11.6 Å². The first-order chi connectivity index (χ1) is 24.6. The van der Waals surface area contributed by atoms with E-state index < -0.39 is 11.9 Å². The molecule has 3 unspecified atom stereocenters. The topological polar surface area (TPSA) is 112 Å². The van der Waals surface area contributed by atoms with Crippen LogP contribution in [-0.2, 0) is 33.0 Å². The molecular weight excluding hydrogens is 696 g/mol. The molecule has 3 aromatic carbocycles. The van der Waals surface area contributed by atoms with Crippen molar-refractivity contribution in [3.63, 3.8) is 0 Å². The van der Waals surface area contributed by atoms with Gasteiger partial charge in [-0.1, -0.05) is 53.5 Å². The van der Waals surface area contributed by atoms with Gasteiger partial charge in [-0.3, -0.25) is 14.6 Å². The summed E-state index contributed by atoms with van der Waals surface area (Å²) < 4.78 is 29.5. The molecule has 13 heteroatoms. The fourth-order valence-corrected chi connectivity index (χ4v) is 8.10. The number of imidazole rings is 1. The van der Waals surface area contributed by atoms with Gasteiger partial charge in [-0.15, -0.1) is 0 Å². The number of anilines is 1. The molecule has 0 radical (unpaired) electrons. The van der Waals surface area contributed by atoms with E-state index in [9.17, 15) is 15.0 Å². The highest BCUT2D eigenvalue weighted by Gasteiger charge is 2.31. The first kappa shape index (κ1) is 35.7. The molecule has 3 aliphatic rings. The van der Waals surface area contributed by atoms with E-state index in [2.05, 4.69) is 15.2 Å². The molecule has 1 saturated heterocycles. The van der Waals surface area contributed by atoms with Crippen LogP contribution in [0.15, 0.2) is 42.5 Å². The number of fused-ring (bicyclic) bond motifs is 2. The fraction of sp³-hybridized carbons (Fsp3) is 0.421. The Hall–Kier alpha value is -3.71. The van der Waals surface area contributed by atoms with E-state index in [0.717, 1.165) is 46.6 Å². The summed E-state index contributed by atoms with van der Waals surface area (Å²) >= 11 is 13.6. The van der Waals surface area contributed by atoms with Gasteiger partial charge in [0.1, 0.15) is 22.6 Å². The maximum Gasteiger partial charge on any atom is 0.291 e. The van der Waals surface area contributed by atoms with Crippen LogP contribution in [-0.4, -0.2) is 81.0 Å². The van der Waals surface area contributed by atoms with Gasteiger partial charge in [0.2, 0.25) is 0 Å². The fourth-order valence-electron chi connectivity index (χ4n) is 7.62. The summed E-state index contributed by atoms with van der Waals surface area (Å²) in [6.07, 6.45) is 1.92. The second-order valence-electron chi connectivity index (χ2n) is 13.6. The molecule has 0 spiro atoms. The van der Waals surface area contributed by atoms with E-state index in [0.29, 0.717) is 66.7 Å². The van der Waals surface area contributed by atoms with Gasteiger partial charge in [-0.2, -0.15) is 0 Å². The number of methoxy groups -OCH3 is 1. The van der Waals surface area contributed by atoms with E-state index in [1.54, 1.807) is 12.1 Å². The van der Waals surface area contributed by atoms with E-state index in [-0.39, 0.29) is 42.0 Å². The van der Waals surface area contributed by atoms with Gasteiger partial charge in [0.05, 0.1) is 36.2 Å². The number of rotatable bonds is 10. The minimum atomic E-state index is -0.589. The van der Waals surface area contributed by atoms with E-state index in [1.807, 2.05) is 53.8 Å². The number of carbonyl (C=O) groups is 1. The molecule has 3 atom stereocenters. The van der Waals surface area contributed by atoms with E-state index in [4.69, 9.17) is 32.7 Å². The second kappa shape index (κ2) is 14.7. The number of nitrogens with one attached hydrogen (secondary N) is 1. The van der Waals surface area contributed by atoms with Gasteiger partial charge < -0.3 is 29.6 Å². The lowest BCUT2D eigenvalue weighted by Crippen LogP contribution is -2.39. The van der Waals surface area contributed by atoms with Crippen molar-refractivity contribution >= 4 is 34.8 Å². The van der Waals surface area contributed by atoms with Gasteiger partial charge in [-0.05, 0) is 48.9 Å². The van der Waals surface area contributed by atoms with Crippen LogP contribution in [0.25, 0.3) is 11.1 Å². The van der Waals surface area contributed by atoms with E-state index >= 15 is 4.39 Å². The van der Waals surface area contributed by atoms with Crippen molar-refractivity contribution in [2.24, 2.45) is 7.05 Å². The number of aliphatic hydroxyl groups excluding tert-OH is 2. The number of carbonyl (C=O) groups excluding carboxylic acids is 1. The molecule has 1 fully saturated rings. The smallest absolute Gasteiger partial charge is 0.291 e. The van der Waals surface area contributed by atoms with Crippen molar-refractivity contribution in [3.05, 3.63) is 92.2 Å². The summed E-state index contributed by atoms with van der Waals surface area (Å²) in [5, 5.41) is 22.8. The largest absolute Gasteiger partial charge is 0.496 e. The molecule has 4 aromatic rings.